The van der Waals surface area contributed by atoms with E-state index in [4.69, 9.17) is 0 Å². The molecule has 0 aliphatic carbocycles. The van der Waals surface area contributed by atoms with E-state index in [0.717, 1.165) is 30.4 Å². The van der Waals surface area contributed by atoms with Crippen molar-refractivity contribution in [2.75, 3.05) is 18.8 Å². The highest BCUT2D eigenvalue weighted by molar-refractivity contribution is 7.89. The van der Waals surface area contributed by atoms with Crippen molar-refractivity contribution in [3.05, 3.63) is 71.8 Å². The molecule has 2 aromatic rings. The molecule has 1 aliphatic rings. The number of rotatable bonds is 8. The van der Waals surface area contributed by atoms with Gasteiger partial charge in [-0.05, 0) is 43.7 Å². The Morgan fingerprint density at radius 1 is 1.10 bits per heavy atom. The van der Waals surface area contributed by atoms with Gasteiger partial charge in [0.1, 0.15) is 0 Å². The zero-order valence-corrected chi connectivity index (χ0v) is 17.8. The molecule has 1 N–H and O–H groups in total. The number of carbonyl (C=O) groups is 1. The van der Waals surface area contributed by atoms with Gasteiger partial charge >= 0.3 is 0 Å². The maximum absolute atomic E-state index is 12.8. The van der Waals surface area contributed by atoms with E-state index in [0.29, 0.717) is 13.0 Å². The summed E-state index contributed by atoms with van der Waals surface area (Å²) in [6.45, 7) is 2.74. The molecule has 156 valence electrons. The van der Waals surface area contributed by atoms with Crippen LogP contribution >= 0.6 is 0 Å². The first-order valence-electron chi connectivity index (χ1n) is 10.3. The van der Waals surface area contributed by atoms with Gasteiger partial charge in [0.05, 0.1) is 17.7 Å². The normalized spacial score (nSPS) is 18.9. The predicted molar refractivity (Wildman–Crippen MR) is 116 cm³/mol. The van der Waals surface area contributed by atoms with Crippen LogP contribution < -0.4 is 5.32 Å². The number of hydrogen-bond donors (Lipinski definition) is 1. The van der Waals surface area contributed by atoms with E-state index in [1.807, 2.05) is 67.6 Å². The summed E-state index contributed by atoms with van der Waals surface area (Å²) in [7, 11) is -3.35. The molecule has 2 aromatic carbocycles. The summed E-state index contributed by atoms with van der Waals surface area (Å²) in [5.74, 6) is -0.235. The van der Waals surface area contributed by atoms with Crippen LogP contribution in [0.5, 0.6) is 0 Å². The van der Waals surface area contributed by atoms with Crippen molar-refractivity contribution in [1.29, 1.82) is 0 Å². The number of sulfonamides is 1. The highest BCUT2D eigenvalue weighted by atomic mass is 32.2. The lowest BCUT2D eigenvalue weighted by molar-refractivity contribution is -0.126. The topological polar surface area (TPSA) is 66.5 Å². The summed E-state index contributed by atoms with van der Waals surface area (Å²) in [5, 5.41) is 3.04. The maximum atomic E-state index is 12.8. The first-order valence-corrected chi connectivity index (χ1v) is 11.9. The van der Waals surface area contributed by atoms with Gasteiger partial charge in [0.2, 0.25) is 15.9 Å². The van der Waals surface area contributed by atoms with Crippen molar-refractivity contribution in [3.8, 4) is 0 Å². The van der Waals surface area contributed by atoms with Crippen LogP contribution in [-0.2, 0) is 21.2 Å². The number of benzene rings is 2. The molecule has 1 aliphatic heterocycles. The lowest BCUT2D eigenvalue weighted by Gasteiger charge is -2.32. The number of carbonyl (C=O) groups excluding carboxylic acids is 1. The molecule has 0 spiro atoms. The van der Waals surface area contributed by atoms with Gasteiger partial charge in [0, 0.05) is 13.1 Å². The maximum Gasteiger partial charge on any atom is 0.224 e. The van der Waals surface area contributed by atoms with E-state index in [2.05, 4.69) is 5.32 Å². The second-order valence-corrected chi connectivity index (χ2v) is 9.83. The second-order valence-electron chi connectivity index (χ2n) is 7.74. The molecule has 1 saturated heterocycles. The van der Waals surface area contributed by atoms with Crippen LogP contribution in [0.15, 0.2) is 60.7 Å². The minimum absolute atomic E-state index is 0.0643. The molecule has 5 nitrogen and oxygen atoms in total. The first kappa shape index (κ1) is 21.5. The third-order valence-corrected chi connectivity index (χ3v) is 7.44. The standard InChI is InChI=1S/C23H30N2O3S/c1-19(21-13-6-3-7-14-21)24-23(26)22-15-8-16-25(18-22)29(27,28)17-9-12-20-10-4-2-5-11-20/h2-7,10-11,13-14,19,22H,8-9,12,15-18H2,1H3,(H,24,26)/t19-,22+/m1/s1. The van der Waals surface area contributed by atoms with E-state index in [1.165, 1.54) is 4.31 Å². The van der Waals surface area contributed by atoms with Gasteiger partial charge < -0.3 is 5.32 Å². The molecule has 0 aromatic heterocycles. The number of nitrogens with one attached hydrogen (secondary N) is 1. The van der Waals surface area contributed by atoms with Crippen LogP contribution in [0.1, 0.15) is 43.4 Å². The molecule has 6 heteroatoms. The van der Waals surface area contributed by atoms with Crippen molar-refractivity contribution >= 4 is 15.9 Å². The Balaban J connectivity index is 1.52. The fourth-order valence-electron chi connectivity index (χ4n) is 3.80. The van der Waals surface area contributed by atoms with E-state index < -0.39 is 10.0 Å². The van der Waals surface area contributed by atoms with Gasteiger partial charge in [-0.3, -0.25) is 4.79 Å². The SMILES string of the molecule is C[C@@H](NC(=O)[C@H]1CCCN(S(=O)(=O)CCCc2ccccc2)C1)c1ccccc1. The molecule has 29 heavy (non-hydrogen) atoms. The molecule has 2 atom stereocenters. The smallest absolute Gasteiger partial charge is 0.224 e. The number of aryl methyl sites for hydroxylation is 1. The van der Waals surface area contributed by atoms with Crippen molar-refractivity contribution in [2.45, 2.75) is 38.6 Å². The zero-order valence-electron chi connectivity index (χ0n) is 17.0. The van der Waals surface area contributed by atoms with Crippen molar-refractivity contribution < 1.29 is 13.2 Å². The van der Waals surface area contributed by atoms with Crippen molar-refractivity contribution in [2.24, 2.45) is 5.92 Å². The quantitative estimate of drug-likeness (QED) is 0.718. The van der Waals surface area contributed by atoms with Gasteiger partial charge in [-0.15, -0.1) is 0 Å². The average Bonchev–Trinajstić information content (AvgIpc) is 2.75. The van der Waals surface area contributed by atoms with E-state index in [1.54, 1.807) is 0 Å². The summed E-state index contributed by atoms with van der Waals surface area (Å²) in [4.78, 5) is 12.7. The molecular weight excluding hydrogens is 384 g/mol. The van der Waals surface area contributed by atoms with E-state index in [9.17, 15) is 13.2 Å². The fraction of sp³-hybridized carbons (Fsp3) is 0.435. The van der Waals surface area contributed by atoms with Gasteiger partial charge in [0.15, 0.2) is 0 Å². The van der Waals surface area contributed by atoms with Crippen LogP contribution in [0, 0.1) is 5.92 Å². The summed E-state index contributed by atoms with van der Waals surface area (Å²) in [5.41, 5.74) is 2.19. The molecule has 0 unspecified atom stereocenters. The van der Waals surface area contributed by atoms with Gasteiger partial charge in [-0.1, -0.05) is 60.7 Å². The minimum atomic E-state index is -3.35. The highest BCUT2D eigenvalue weighted by Crippen LogP contribution is 2.22. The first-order chi connectivity index (χ1) is 14.0. The van der Waals surface area contributed by atoms with Gasteiger partial charge in [-0.2, -0.15) is 0 Å². The Kier molecular flexibility index (Phi) is 7.45. The van der Waals surface area contributed by atoms with Crippen LogP contribution in [0.25, 0.3) is 0 Å². The number of amides is 1. The predicted octanol–water partition coefficient (Wildman–Crippen LogP) is 3.54. The summed E-state index contributed by atoms with van der Waals surface area (Å²) in [6, 6.07) is 19.6. The second kappa shape index (κ2) is 10.0. The summed E-state index contributed by atoms with van der Waals surface area (Å²) in [6.07, 6.45) is 2.77. The number of hydrogen-bond acceptors (Lipinski definition) is 3. The molecule has 3 rings (SSSR count). The van der Waals surface area contributed by atoms with Crippen LogP contribution in [0.2, 0.25) is 0 Å². The van der Waals surface area contributed by atoms with Crippen LogP contribution in [-0.4, -0.2) is 37.5 Å². The zero-order chi connectivity index (χ0) is 20.7. The van der Waals surface area contributed by atoms with Gasteiger partial charge in [-0.25, -0.2) is 12.7 Å². The Hall–Kier alpha value is -2.18. The molecule has 1 amide bonds. The molecule has 1 heterocycles. The summed E-state index contributed by atoms with van der Waals surface area (Å²) >= 11 is 0. The molecule has 1 fully saturated rings. The van der Waals surface area contributed by atoms with Gasteiger partial charge in [0.25, 0.3) is 0 Å². The van der Waals surface area contributed by atoms with Crippen molar-refractivity contribution in [3.63, 3.8) is 0 Å². The number of nitrogens with zero attached hydrogens (tertiary/aromatic N) is 1. The Bertz CT molecular complexity index is 885. The largest absolute Gasteiger partial charge is 0.349 e. The molecule has 0 bridgehead atoms. The minimum Gasteiger partial charge on any atom is -0.349 e. The third-order valence-electron chi connectivity index (χ3n) is 5.52. The molecule has 0 saturated carbocycles. The van der Waals surface area contributed by atoms with E-state index in [-0.39, 0.29) is 30.2 Å². The summed E-state index contributed by atoms with van der Waals surface area (Å²) < 4.78 is 27.1. The molecular formula is C23H30N2O3S. The lowest BCUT2D eigenvalue weighted by atomic mass is 9.98. The Morgan fingerprint density at radius 2 is 1.76 bits per heavy atom. The Morgan fingerprint density at radius 3 is 2.45 bits per heavy atom. The lowest BCUT2D eigenvalue weighted by Crippen LogP contribution is -2.46. The van der Waals surface area contributed by atoms with E-state index >= 15 is 0 Å². The monoisotopic (exact) mass is 414 g/mol. The highest BCUT2D eigenvalue weighted by Gasteiger charge is 2.32. The third kappa shape index (κ3) is 6.15. The fourth-order valence-corrected chi connectivity index (χ4v) is 5.38. The Labute approximate surface area is 174 Å². The van der Waals surface area contributed by atoms with Crippen LogP contribution in [0.4, 0.5) is 0 Å². The number of piperidine rings is 1. The van der Waals surface area contributed by atoms with Crippen LogP contribution in [0.3, 0.4) is 0 Å². The molecule has 0 radical (unpaired) electrons. The van der Waals surface area contributed by atoms with Crippen molar-refractivity contribution in [1.82, 2.24) is 9.62 Å². The average molecular weight is 415 g/mol.